The van der Waals surface area contributed by atoms with Crippen molar-refractivity contribution >= 4 is 11.9 Å². The van der Waals surface area contributed by atoms with Crippen molar-refractivity contribution in [2.75, 3.05) is 13.1 Å². The van der Waals surface area contributed by atoms with Crippen LogP contribution in [0.4, 0.5) is 4.39 Å². The van der Waals surface area contributed by atoms with E-state index in [1.54, 1.807) is 17.0 Å². The minimum absolute atomic E-state index is 0.0137. The van der Waals surface area contributed by atoms with Crippen molar-refractivity contribution in [3.63, 3.8) is 0 Å². The molecule has 0 N–H and O–H groups in total. The van der Waals surface area contributed by atoms with Crippen molar-refractivity contribution in [2.24, 2.45) is 0 Å². The second-order valence-electron chi connectivity index (χ2n) is 6.66. The zero-order valence-corrected chi connectivity index (χ0v) is 14.8. The number of amides is 1. The molecule has 1 heterocycles. The number of nitrogens with zero attached hydrogens (tertiary/aromatic N) is 1. The molecule has 1 amide bonds. The summed E-state index contributed by atoms with van der Waals surface area (Å²) in [5.74, 6) is -0.665. The third-order valence-corrected chi connectivity index (χ3v) is 5.04. The molecular formula is C21H22FNO3. The van der Waals surface area contributed by atoms with Gasteiger partial charge in [-0.3, -0.25) is 9.59 Å². The van der Waals surface area contributed by atoms with Gasteiger partial charge in [-0.1, -0.05) is 42.5 Å². The third kappa shape index (κ3) is 3.77. The third-order valence-electron chi connectivity index (χ3n) is 5.04. The molecule has 2 aromatic rings. The summed E-state index contributed by atoms with van der Waals surface area (Å²) in [4.78, 5) is 26.4. The van der Waals surface area contributed by atoms with Gasteiger partial charge in [0.05, 0.1) is 5.41 Å². The maximum Gasteiger partial charge on any atom is 0.317 e. The van der Waals surface area contributed by atoms with E-state index in [0.717, 1.165) is 5.56 Å². The lowest BCUT2D eigenvalue weighted by Crippen LogP contribution is -2.49. The molecule has 0 aliphatic carbocycles. The Kier molecular flexibility index (Phi) is 5.35. The molecular weight excluding hydrogens is 333 g/mol. The fourth-order valence-electron chi connectivity index (χ4n) is 3.48. The van der Waals surface area contributed by atoms with Gasteiger partial charge in [0.1, 0.15) is 12.4 Å². The highest BCUT2D eigenvalue weighted by Gasteiger charge is 2.44. The largest absolute Gasteiger partial charge is 0.460 e. The molecule has 26 heavy (non-hydrogen) atoms. The second kappa shape index (κ2) is 7.68. The fourth-order valence-corrected chi connectivity index (χ4v) is 3.48. The first kappa shape index (κ1) is 18.1. The quantitative estimate of drug-likeness (QED) is 0.789. The average Bonchev–Trinajstić information content (AvgIpc) is 2.67. The molecule has 0 radical (unpaired) electrons. The van der Waals surface area contributed by atoms with Gasteiger partial charge < -0.3 is 9.64 Å². The highest BCUT2D eigenvalue weighted by atomic mass is 19.1. The number of rotatable bonds is 4. The van der Waals surface area contributed by atoms with Crippen LogP contribution in [0.15, 0.2) is 54.6 Å². The van der Waals surface area contributed by atoms with Crippen LogP contribution in [0, 0.1) is 5.82 Å². The van der Waals surface area contributed by atoms with Gasteiger partial charge in [0.25, 0.3) is 0 Å². The molecule has 0 aromatic heterocycles. The number of piperidine rings is 1. The highest BCUT2D eigenvalue weighted by molar-refractivity contribution is 5.84. The van der Waals surface area contributed by atoms with Gasteiger partial charge >= 0.3 is 5.97 Å². The lowest BCUT2D eigenvalue weighted by Gasteiger charge is -2.40. The summed E-state index contributed by atoms with van der Waals surface area (Å²) in [6.07, 6.45) is 1.02. The molecule has 4 nitrogen and oxygen atoms in total. The summed E-state index contributed by atoms with van der Waals surface area (Å²) < 4.78 is 18.9. The van der Waals surface area contributed by atoms with E-state index in [0.29, 0.717) is 31.5 Å². The van der Waals surface area contributed by atoms with Crippen molar-refractivity contribution in [1.29, 1.82) is 0 Å². The van der Waals surface area contributed by atoms with Crippen LogP contribution in [0.2, 0.25) is 0 Å². The van der Waals surface area contributed by atoms with Crippen molar-refractivity contribution < 1.29 is 18.7 Å². The minimum atomic E-state index is -0.777. The van der Waals surface area contributed by atoms with Gasteiger partial charge in [-0.15, -0.1) is 0 Å². The standard InChI is InChI=1S/C21H22FNO3/c1-16(24)23-12-10-21(11-13-23,18-7-3-2-4-8-18)20(25)26-15-17-6-5-9-19(22)14-17/h2-9,14H,10-13,15H2,1H3. The SMILES string of the molecule is CC(=O)N1CCC(C(=O)OCc2cccc(F)c2)(c2ccccc2)CC1. The van der Waals surface area contributed by atoms with Crippen LogP contribution in [0.3, 0.4) is 0 Å². The average molecular weight is 355 g/mol. The normalized spacial score (nSPS) is 16.2. The number of esters is 1. The number of ether oxygens (including phenoxy) is 1. The Morgan fingerprint density at radius 2 is 1.77 bits per heavy atom. The maximum absolute atomic E-state index is 13.3. The van der Waals surface area contributed by atoms with Gasteiger partial charge in [0.15, 0.2) is 0 Å². The van der Waals surface area contributed by atoms with E-state index >= 15 is 0 Å². The van der Waals surface area contributed by atoms with E-state index in [9.17, 15) is 14.0 Å². The Balaban J connectivity index is 1.80. The smallest absolute Gasteiger partial charge is 0.317 e. The van der Waals surface area contributed by atoms with E-state index in [-0.39, 0.29) is 24.3 Å². The van der Waals surface area contributed by atoms with Crippen LogP contribution in [-0.2, 0) is 26.3 Å². The first-order valence-corrected chi connectivity index (χ1v) is 8.74. The molecule has 1 fully saturated rings. The Labute approximate surface area is 152 Å². The molecule has 1 saturated heterocycles. The molecule has 136 valence electrons. The Morgan fingerprint density at radius 3 is 2.38 bits per heavy atom. The van der Waals surface area contributed by atoms with Crippen molar-refractivity contribution in [3.05, 3.63) is 71.5 Å². The predicted molar refractivity (Wildman–Crippen MR) is 95.8 cm³/mol. The summed E-state index contributed by atoms with van der Waals surface area (Å²) in [6.45, 7) is 2.60. The summed E-state index contributed by atoms with van der Waals surface area (Å²) in [7, 11) is 0. The number of benzene rings is 2. The summed E-state index contributed by atoms with van der Waals surface area (Å²) >= 11 is 0. The van der Waals surface area contributed by atoms with Gasteiger partial charge in [0, 0.05) is 20.0 Å². The van der Waals surface area contributed by atoms with Crippen LogP contribution in [0.5, 0.6) is 0 Å². The number of carbonyl (C=O) groups is 2. The van der Waals surface area contributed by atoms with Crippen LogP contribution in [0.1, 0.15) is 30.9 Å². The van der Waals surface area contributed by atoms with Crippen LogP contribution in [0.25, 0.3) is 0 Å². The van der Waals surface area contributed by atoms with Gasteiger partial charge in [-0.05, 0) is 36.1 Å². The van der Waals surface area contributed by atoms with E-state index in [4.69, 9.17) is 4.74 Å². The maximum atomic E-state index is 13.3. The number of likely N-dealkylation sites (tertiary alicyclic amines) is 1. The fraction of sp³-hybridized carbons (Fsp3) is 0.333. The first-order valence-electron chi connectivity index (χ1n) is 8.74. The Hall–Kier alpha value is -2.69. The van der Waals surface area contributed by atoms with Gasteiger partial charge in [-0.25, -0.2) is 4.39 Å². The lowest BCUT2D eigenvalue weighted by atomic mass is 9.72. The Bertz CT molecular complexity index is 783. The highest BCUT2D eigenvalue weighted by Crippen LogP contribution is 2.37. The molecule has 0 unspecified atom stereocenters. The second-order valence-corrected chi connectivity index (χ2v) is 6.66. The molecule has 0 saturated carbocycles. The predicted octanol–water partition coefficient (Wildman–Crippen LogP) is 3.45. The van der Waals surface area contributed by atoms with Crippen molar-refractivity contribution in [1.82, 2.24) is 4.90 Å². The molecule has 1 aliphatic rings. The number of halogens is 1. The zero-order valence-electron chi connectivity index (χ0n) is 14.8. The van der Waals surface area contributed by atoms with Crippen LogP contribution in [-0.4, -0.2) is 29.9 Å². The van der Waals surface area contributed by atoms with Gasteiger partial charge in [-0.2, -0.15) is 0 Å². The first-order chi connectivity index (χ1) is 12.5. The minimum Gasteiger partial charge on any atom is -0.460 e. The Morgan fingerprint density at radius 1 is 1.08 bits per heavy atom. The number of hydrogen-bond acceptors (Lipinski definition) is 3. The topological polar surface area (TPSA) is 46.6 Å². The van der Waals surface area contributed by atoms with Crippen LogP contribution >= 0.6 is 0 Å². The summed E-state index contributed by atoms with van der Waals surface area (Å²) in [5, 5.41) is 0. The number of carbonyl (C=O) groups excluding carboxylic acids is 2. The molecule has 1 aliphatic heterocycles. The van der Waals surface area contributed by atoms with E-state index in [1.165, 1.54) is 19.1 Å². The lowest BCUT2D eigenvalue weighted by molar-refractivity contribution is -0.155. The molecule has 5 heteroatoms. The monoisotopic (exact) mass is 355 g/mol. The molecule has 3 rings (SSSR count). The summed E-state index contributed by atoms with van der Waals surface area (Å²) in [6, 6.07) is 15.6. The molecule has 2 aromatic carbocycles. The molecule has 0 atom stereocenters. The van der Waals surface area contributed by atoms with E-state index in [1.807, 2.05) is 30.3 Å². The zero-order chi connectivity index (χ0) is 18.6. The van der Waals surface area contributed by atoms with Crippen molar-refractivity contribution in [2.45, 2.75) is 31.8 Å². The molecule has 0 spiro atoms. The van der Waals surface area contributed by atoms with Crippen molar-refractivity contribution in [3.8, 4) is 0 Å². The van der Waals surface area contributed by atoms with E-state index < -0.39 is 5.41 Å². The summed E-state index contributed by atoms with van der Waals surface area (Å²) in [5.41, 5.74) is 0.732. The van der Waals surface area contributed by atoms with Crippen LogP contribution < -0.4 is 0 Å². The molecule has 0 bridgehead atoms. The van der Waals surface area contributed by atoms with E-state index in [2.05, 4.69) is 0 Å². The van der Waals surface area contributed by atoms with Gasteiger partial charge in [0.2, 0.25) is 5.91 Å². The number of hydrogen-bond donors (Lipinski definition) is 0.